The van der Waals surface area contributed by atoms with Crippen molar-refractivity contribution in [3.63, 3.8) is 0 Å². The molecule has 2 aromatic heterocycles. The van der Waals surface area contributed by atoms with E-state index in [1.165, 1.54) is 17.8 Å². The molecule has 4 rings (SSSR count). The number of amides is 1. The monoisotopic (exact) mass is 384 g/mol. The van der Waals surface area contributed by atoms with Crippen LogP contribution in [0.4, 0.5) is 4.39 Å². The van der Waals surface area contributed by atoms with Crippen molar-refractivity contribution >= 4 is 17.5 Å². The maximum atomic E-state index is 14.1. The van der Waals surface area contributed by atoms with Gasteiger partial charge in [0.25, 0.3) is 5.91 Å². The predicted octanol–water partition coefficient (Wildman–Crippen LogP) is 3.93. The Morgan fingerprint density at radius 2 is 2.11 bits per heavy atom. The molecule has 0 unspecified atom stereocenters. The first-order valence-electron chi connectivity index (χ1n) is 8.83. The molecule has 7 heteroatoms. The second-order valence-electron chi connectivity index (χ2n) is 6.57. The molecule has 0 aliphatic heterocycles. The minimum absolute atomic E-state index is 0.0983. The summed E-state index contributed by atoms with van der Waals surface area (Å²) >= 11 is 5.68. The van der Waals surface area contributed by atoms with Crippen LogP contribution < -0.4 is 5.32 Å². The third kappa shape index (κ3) is 3.57. The SMILES string of the molecule is O=C(N[C@H]1CCCc2c1cnn2Cc1ccccc1)c1ccnc(Cl)c1F. The van der Waals surface area contributed by atoms with Gasteiger partial charge in [-0.05, 0) is 30.9 Å². The fourth-order valence-electron chi connectivity index (χ4n) is 3.49. The largest absolute Gasteiger partial charge is 0.345 e. The zero-order valence-electron chi connectivity index (χ0n) is 14.5. The molecule has 1 aliphatic carbocycles. The smallest absolute Gasteiger partial charge is 0.254 e. The second-order valence-corrected chi connectivity index (χ2v) is 6.93. The van der Waals surface area contributed by atoms with Gasteiger partial charge in [0.2, 0.25) is 0 Å². The first-order valence-corrected chi connectivity index (χ1v) is 9.20. The van der Waals surface area contributed by atoms with Gasteiger partial charge < -0.3 is 5.32 Å². The van der Waals surface area contributed by atoms with Gasteiger partial charge in [-0.15, -0.1) is 0 Å². The van der Waals surface area contributed by atoms with E-state index in [2.05, 4.69) is 27.5 Å². The molecule has 2 heterocycles. The summed E-state index contributed by atoms with van der Waals surface area (Å²) < 4.78 is 16.1. The van der Waals surface area contributed by atoms with Crippen LogP contribution in [0.3, 0.4) is 0 Å². The summed E-state index contributed by atoms with van der Waals surface area (Å²) in [4.78, 5) is 16.2. The zero-order chi connectivity index (χ0) is 18.8. The number of hydrogen-bond acceptors (Lipinski definition) is 3. The van der Waals surface area contributed by atoms with Crippen molar-refractivity contribution in [1.82, 2.24) is 20.1 Å². The quantitative estimate of drug-likeness (QED) is 0.693. The minimum atomic E-state index is -0.799. The summed E-state index contributed by atoms with van der Waals surface area (Å²) in [6.45, 7) is 0.686. The van der Waals surface area contributed by atoms with E-state index in [9.17, 15) is 9.18 Å². The molecule has 1 aliphatic rings. The lowest BCUT2D eigenvalue weighted by atomic mass is 9.92. The lowest BCUT2D eigenvalue weighted by Crippen LogP contribution is -2.31. The second kappa shape index (κ2) is 7.48. The average Bonchev–Trinajstić information content (AvgIpc) is 3.09. The van der Waals surface area contributed by atoms with E-state index in [4.69, 9.17) is 11.6 Å². The van der Waals surface area contributed by atoms with Crippen LogP contribution in [0.2, 0.25) is 5.15 Å². The van der Waals surface area contributed by atoms with E-state index < -0.39 is 11.7 Å². The van der Waals surface area contributed by atoms with Gasteiger partial charge in [0, 0.05) is 17.5 Å². The van der Waals surface area contributed by atoms with Crippen molar-refractivity contribution in [2.75, 3.05) is 0 Å². The molecular formula is C20H18ClFN4O. The van der Waals surface area contributed by atoms with Crippen LogP contribution in [-0.4, -0.2) is 20.7 Å². The zero-order valence-corrected chi connectivity index (χ0v) is 15.3. The van der Waals surface area contributed by atoms with Crippen molar-refractivity contribution in [3.05, 3.63) is 82.1 Å². The molecular weight excluding hydrogens is 367 g/mol. The first-order chi connectivity index (χ1) is 13.1. The lowest BCUT2D eigenvalue weighted by molar-refractivity contribution is 0.0928. The highest BCUT2D eigenvalue weighted by atomic mass is 35.5. The number of halogens is 2. The number of nitrogens with zero attached hydrogens (tertiary/aromatic N) is 3. The van der Waals surface area contributed by atoms with Crippen LogP contribution in [0.15, 0.2) is 48.8 Å². The Labute approximate surface area is 161 Å². The molecule has 1 atom stereocenters. The lowest BCUT2D eigenvalue weighted by Gasteiger charge is -2.24. The van der Waals surface area contributed by atoms with E-state index in [0.29, 0.717) is 6.54 Å². The molecule has 5 nitrogen and oxygen atoms in total. The molecule has 1 amide bonds. The topological polar surface area (TPSA) is 59.8 Å². The Morgan fingerprint density at radius 3 is 2.93 bits per heavy atom. The molecule has 0 saturated heterocycles. The van der Waals surface area contributed by atoms with Crippen LogP contribution in [-0.2, 0) is 13.0 Å². The van der Waals surface area contributed by atoms with Crippen LogP contribution in [0.25, 0.3) is 0 Å². The van der Waals surface area contributed by atoms with Gasteiger partial charge in [-0.3, -0.25) is 9.48 Å². The maximum absolute atomic E-state index is 14.1. The van der Waals surface area contributed by atoms with Crippen molar-refractivity contribution in [3.8, 4) is 0 Å². The first kappa shape index (κ1) is 17.7. The molecule has 1 N–H and O–H groups in total. The fourth-order valence-corrected chi connectivity index (χ4v) is 3.65. The predicted molar refractivity (Wildman–Crippen MR) is 100 cm³/mol. The highest BCUT2D eigenvalue weighted by Gasteiger charge is 2.27. The van der Waals surface area contributed by atoms with Crippen LogP contribution >= 0.6 is 11.6 Å². The van der Waals surface area contributed by atoms with E-state index in [1.54, 1.807) is 6.20 Å². The van der Waals surface area contributed by atoms with Gasteiger partial charge in [-0.2, -0.15) is 5.10 Å². The van der Waals surface area contributed by atoms with E-state index in [0.717, 1.165) is 30.5 Å². The van der Waals surface area contributed by atoms with Gasteiger partial charge in [0.1, 0.15) is 0 Å². The Bertz CT molecular complexity index is 973. The van der Waals surface area contributed by atoms with Crippen LogP contribution in [0, 0.1) is 5.82 Å². The van der Waals surface area contributed by atoms with Gasteiger partial charge in [0.05, 0.1) is 24.3 Å². The number of aromatic nitrogens is 3. The summed E-state index contributed by atoms with van der Waals surface area (Å²) in [6.07, 6.45) is 5.75. The molecule has 3 aromatic rings. The summed E-state index contributed by atoms with van der Waals surface area (Å²) in [7, 11) is 0. The molecule has 0 saturated carbocycles. The van der Waals surface area contributed by atoms with Gasteiger partial charge >= 0.3 is 0 Å². The molecule has 0 radical (unpaired) electrons. The van der Waals surface area contributed by atoms with Crippen molar-refractivity contribution < 1.29 is 9.18 Å². The van der Waals surface area contributed by atoms with Crippen LogP contribution in [0.1, 0.15) is 46.1 Å². The standard InChI is InChI=1S/C20H18ClFN4O/c21-19-18(22)14(9-10-23-19)20(27)25-16-7-4-8-17-15(16)11-24-26(17)12-13-5-2-1-3-6-13/h1-3,5-6,9-11,16H,4,7-8,12H2,(H,25,27)/t16-/m0/s1. The van der Waals surface area contributed by atoms with E-state index >= 15 is 0 Å². The van der Waals surface area contributed by atoms with E-state index in [1.807, 2.05) is 22.9 Å². The van der Waals surface area contributed by atoms with Crippen molar-refractivity contribution in [2.24, 2.45) is 0 Å². The summed E-state index contributed by atoms with van der Waals surface area (Å²) in [5.74, 6) is -1.29. The number of pyridine rings is 1. The van der Waals surface area contributed by atoms with Gasteiger partial charge in [-0.25, -0.2) is 9.37 Å². The third-order valence-electron chi connectivity index (χ3n) is 4.83. The molecule has 0 fully saturated rings. The Kier molecular flexibility index (Phi) is 4.90. The summed E-state index contributed by atoms with van der Waals surface area (Å²) in [5.41, 5.74) is 3.18. The number of hydrogen-bond donors (Lipinski definition) is 1. The number of rotatable bonds is 4. The fraction of sp³-hybridized carbons (Fsp3) is 0.250. The Morgan fingerprint density at radius 1 is 1.30 bits per heavy atom. The van der Waals surface area contributed by atoms with Crippen molar-refractivity contribution in [1.29, 1.82) is 0 Å². The molecule has 0 spiro atoms. The minimum Gasteiger partial charge on any atom is -0.345 e. The molecule has 27 heavy (non-hydrogen) atoms. The van der Waals surface area contributed by atoms with Gasteiger partial charge in [-0.1, -0.05) is 41.9 Å². The number of nitrogens with one attached hydrogen (secondary N) is 1. The Hall–Kier alpha value is -2.73. The third-order valence-corrected chi connectivity index (χ3v) is 5.10. The van der Waals surface area contributed by atoms with Crippen molar-refractivity contribution in [2.45, 2.75) is 31.8 Å². The normalized spacial score (nSPS) is 16.0. The van der Waals surface area contributed by atoms with Crippen LogP contribution in [0.5, 0.6) is 0 Å². The number of carbonyl (C=O) groups excluding carboxylic acids is 1. The number of fused-ring (bicyclic) bond motifs is 1. The van der Waals surface area contributed by atoms with E-state index in [-0.39, 0.29) is 16.8 Å². The highest BCUT2D eigenvalue weighted by Crippen LogP contribution is 2.30. The average molecular weight is 385 g/mol. The number of benzene rings is 1. The summed E-state index contributed by atoms with van der Waals surface area (Å²) in [5, 5.41) is 7.13. The van der Waals surface area contributed by atoms with Gasteiger partial charge in [0.15, 0.2) is 11.0 Å². The summed E-state index contributed by atoms with van der Waals surface area (Å²) in [6, 6.07) is 11.2. The highest BCUT2D eigenvalue weighted by molar-refractivity contribution is 6.29. The maximum Gasteiger partial charge on any atom is 0.254 e. The molecule has 1 aromatic carbocycles. The number of carbonyl (C=O) groups is 1. The molecule has 0 bridgehead atoms. The Balaban J connectivity index is 1.55. The molecule has 138 valence electrons.